The Bertz CT molecular complexity index is 681. The predicted octanol–water partition coefficient (Wildman–Crippen LogP) is 3.93. The first kappa shape index (κ1) is 19.2. The first-order valence-corrected chi connectivity index (χ1v) is 8.82. The summed E-state index contributed by atoms with van der Waals surface area (Å²) in [7, 11) is 3.48. The zero-order valence-electron chi connectivity index (χ0n) is 15.6. The zero-order valence-corrected chi connectivity index (χ0v) is 15.6. The summed E-state index contributed by atoms with van der Waals surface area (Å²) in [5.41, 5.74) is 3.25. The average molecular weight is 344 g/mol. The highest BCUT2D eigenvalue weighted by molar-refractivity contribution is 5.69. The number of methoxy groups -OCH3 is 1. The summed E-state index contributed by atoms with van der Waals surface area (Å²) in [6, 6.07) is 10.4. The van der Waals surface area contributed by atoms with Crippen molar-refractivity contribution < 1.29 is 14.1 Å². The fourth-order valence-electron chi connectivity index (χ4n) is 2.89. The predicted molar refractivity (Wildman–Crippen MR) is 98.1 cm³/mol. The molecule has 0 aliphatic heterocycles. The van der Waals surface area contributed by atoms with E-state index in [1.54, 1.807) is 0 Å². The minimum absolute atomic E-state index is 0.149. The number of esters is 1. The van der Waals surface area contributed by atoms with E-state index in [0.717, 1.165) is 36.4 Å². The van der Waals surface area contributed by atoms with Crippen LogP contribution in [0.5, 0.6) is 0 Å². The Morgan fingerprint density at radius 1 is 1.36 bits per heavy atom. The molecule has 0 aliphatic carbocycles. The number of aromatic nitrogens is 1. The molecule has 0 N–H and O–H groups in total. The fraction of sp³-hybridized carbons (Fsp3) is 0.500. The standard InChI is InChI=1S/C20H28N2O3/c1-5-16-7-6-8-17(11-16)19-12-18(25-21-19)14-22(3)13-15(2)9-10-20(23)24-4/h6-8,11-12,15H,5,9-10,13-14H2,1-4H3. The molecular formula is C20H28N2O3. The number of aryl methyl sites for hydroxylation is 1. The van der Waals surface area contributed by atoms with Crippen molar-refractivity contribution in [2.75, 3.05) is 20.7 Å². The summed E-state index contributed by atoms with van der Waals surface area (Å²) in [5, 5.41) is 4.20. The Balaban J connectivity index is 1.88. The third-order valence-corrected chi connectivity index (χ3v) is 4.31. The highest BCUT2D eigenvalue weighted by Crippen LogP contribution is 2.21. The fourth-order valence-corrected chi connectivity index (χ4v) is 2.89. The Kier molecular flexibility index (Phi) is 7.19. The number of benzene rings is 1. The number of carbonyl (C=O) groups excluding carboxylic acids is 1. The maximum absolute atomic E-state index is 11.2. The molecule has 0 spiro atoms. The van der Waals surface area contributed by atoms with Gasteiger partial charge in [0.1, 0.15) is 5.69 Å². The number of rotatable bonds is 9. The lowest BCUT2D eigenvalue weighted by atomic mass is 10.1. The normalized spacial score (nSPS) is 12.4. The van der Waals surface area contributed by atoms with Gasteiger partial charge in [-0.2, -0.15) is 0 Å². The van der Waals surface area contributed by atoms with Crippen LogP contribution in [0.3, 0.4) is 0 Å². The van der Waals surface area contributed by atoms with Crippen LogP contribution in [-0.4, -0.2) is 36.7 Å². The van der Waals surface area contributed by atoms with Crippen LogP contribution >= 0.6 is 0 Å². The van der Waals surface area contributed by atoms with Gasteiger partial charge in [0.2, 0.25) is 0 Å². The molecule has 2 rings (SSSR count). The van der Waals surface area contributed by atoms with Gasteiger partial charge in [-0.05, 0) is 37.4 Å². The summed E-state index contributed by atoms with van der Waals surface area (Å²) in [6.07, 6.45) is 2.29. The van der Waals surface area contributed by atoms with E-state index in [1.165, 1.54) is 12.7 Å². The molecule has 1 atom stereocenters. The quantitative estimate of drug-likeness (QED) is 0.645. The van der Waals surface area contributed by atoms with Crippen molar-refractivity contribution in [2.45, 2.75) is 39.7 Å². The van der Waals surface area contributed by atoms with Crippen LogP contribution in [0.25, 0.3) is 11.3 Å². The van der Waals surface area contributed by atoms with E-state index in [2.05, 4.69) is 60.0 Å². The molecule has 136 valence electrons. The van der Waals surface area contributed by atoms with Crippen LogP contribution in [0.2, 0.25) is 0 Å². The minimum atomic E-state index is -0.149. The lowest BCUT2D eigenvalue weighted by Gasteiger charge is -2.19. The Morgan fingerprint density at radius 2 is 2.16 bits per heavy atom. The van der Waals surface area contributed by atoms with Gasteiger partial charge < -0.3 is 9.26 Å². The summed E-state index contributed by atoms with van der Waals surface area (Å²) >= 11 is 0. The van der Waals surface area contributed by atoms with Gasteiger partial charge in [-0.25, -0.2) is 0 Å². The van der Waals surface area contributed by atoms with Gasteiger partial charge in [0, 0.05) is 24.6 Å². The molecule has 0 saturated carbocycles. The highest BCUT2D eigenvalue weighted by atomic mass is 16.5. The van der Waals surface area contributed by atoms with Crippen molar-refractivity contribution in [1.29, 1.82) is 0 Å². The number of hydrogen-bond donors (Lipinski definition) is 0. The van der Waals surface area contributed by atoms with Gasteiger partial charge in [0.15, 0.2) is 5.76 Å². The third-order valence-electron chi connectivity index (χ3n) is 4.31. The average Bonchev–Trinajstić information content (AvgIpc) is 3.07. The molecule has 5 heteroatoms. The largest absolute Gasteiger partial charge is 0.469 e. The molecule has 2 aromatic rings. The molecule has 0 amide bonds. The van der Waals surface area contributed by atoms with Crippen molar-refractivity contribution in [3.63, 3.8) is 0 Å². The maximum atomic E-state index is 11.2. The summed E-state index contributed by atoms with van der Waals surface area (Å²) < 4.78 is 10.2. The van der Waals surface area contributed by atoms with Gasteiger partial charge in [-0.3, -0.25) is 9.69 Å². The smallest absolute Gasteiger partial charge is 0.305 e. The van der Waals surface area contributed by atoms with E-state index in [-0.39, 0.29) is 5.97 Å². The molecular weight excluding hydrogens is 316 g/mol. The zero-order chi connectivity index (χ0) is 18.2. The first-order valence-electron chi connectivity index (χ1n) is 8.82. The second-order valence-electron chi connectivity index (χ2n) is 6.65. The Hall–Kier alpha value is -2.14. The number of ether oxygens (including phenoxy) is 1. The molecule has 1 aromatic heterocycles. The third kappa shape index (κ3) is 6.02. The monoisotopic (exact) mass is 344 g/mol. The Morgan fingerprint density at radius 3 is 2.88 bits per heavy atom. The number of hydrogen-bond acceptors (Lipinski definition) is 5. The summed E-state index contributed by atoms with van der Waals surface area (Å²) in [5.74, 6) is 1.11. The topological polar surface area (TPSA) is 55.6 Å². The van der Waals surface area contributed by atoms with Gasteiger partial charge in [-0.15, -0.1) is 0 Å². The van der Waals surface area contributed by atoms with Crippen molar-refractivity contribution in [3.8, 4) is 11.3 Å². The molecule has 0 aliphatic rings. The van der Waals surface area contributed by atoms with Gasteiger partial charge in [0.25, 0.3) is 0 Å². The van der Waals surface area contributed by atoms with E-state index >= 15 is 0 Å². The van der Waals surface area contributed by atoms with E-state index < -0.39 is 0 Å². The van der Waals surface area contributed by atoms with Crippen molar-refractivity contribution >= 4 is 5.97 Å². The first-order chi connectivity index (χ1) is 12.0. The molecule has 1 heterocycles. The van der Waals surface area contributed by atoms with E-state index in [4.69, 9.17) is 4.52 Å². The van der Waals surface area contributed by atoms with Gasteiger partial charge in [-0.1, -0.05) is 37.2 Å². The highest BCUT2D eigenvalue weighted by Gasteiger charge is 2.13. The number of nitrogens with zero attached hydrogens (tertiary/aromatic N) is 2. The van der Waals surface area contributed by atoms with Crippen LogP contribution in [0, 0.1) is 5.92 Å². The summed E-state index contributed by atoms with van der Waals surface area (Å²) in [6.45, 7) is 5.87. The van der Waals surface area contributed by atoms with Gasteiger partial charge in [0.05, 0.1) is 13.7 Å². The Labute approximate surface area is 150 Å². The van der Waals surface area contributed by atoms with Crippen molar-refractivity contribution in [3.05, 3.63) is 41.7 Å². The number of carbonyl (C=O) groups is 1. The second kappa shape index (κ2) is 9.37. The van der Waals surface area contributed by atoms with Crippen LogP contribution in [0.4, 0.5) is 0 Å². The van der Waals surface area contributed by atoms with Crippen LogP contribution in [0.1, 0.15) is 38.0 Å². The molecule has 0 bridgehead atoms. The van der Waals surface area contributed by atoms with Crippen LogP contribution in [-0.2, 0) is 22.5 Å². The maximum Gasteiger partial charge on any atom is 0.305 e. The molecule has 0 fully saturated rings. The molecule has 1 unspecified atom stereocenters. The minimum Gasteiger partial charge on any atom is -0.469 e. The summed E-state index contributed by atoms with van der Waals surface area (Å²) in [4.78, 5) is 13.4. The van der Waals surface area contributed by atoms with Crippen molar-refractivity contribution in [2.24, 2.45) is 5.92 Å². The van der Waals surface area contributed by atoms with E-state index in [1.807, 2.05) is 6.07 Å². The van der Waals surface area contributed by atoms with Crippen molar-refractivity contribution in [1.82, 2.24) is 10.1 Å². The van der Waals surface area contributed by atoms with Crippen LogP contribution < -0.4 is 0 Å². The lowest BCUT2D eigenvalue weighted by Crippen LogP contribution is -2.24. The molecule has 25 heavy (non-hydrogen) atoms. The van der Waals surface area contributed by atoms with E-state index in [0.29, 0.717) is 18.9 Å². The van der Waals surface area contributed by atoms with Gasteiger partial charge >= 0.3 is 5.97 Å². The molecule has 0 radical (unpaired) electrons. The second-order valence-corrected chi connectivity index (χ2v) is 6.65. The SMILES string of the molecule is CCc1cccc(-c2cc(CN(C)CC(C)CCC(=O)OC)on2)c1. The molecule has 5 nitrogen and oxygen atoms in total. The molecule has 1 aromatic carbocycles. The lowest BCUT2D eigenvalue weighted by molar-refractivity contribution is -0.140. The van der Waals surface area contributed by atoms with Crippen LogP contribution in [0.15, 0.2) is 34.9 Å². The van der Waals surface area contributed by atoms with E-state index in [9.17, 15) is 4.79 Å². The molecule has 0 saturated heterocycles.